The Morgan fingerprint density at radius 2 is 1.70 bits per heavy atom. The van der Waals surface area contributed by atoms with Gasteiger partial charge in [-0.2, -0.15) is 0 Å². The normalized spacial score (nSPS) is 11.8. The van der Waals surface area contributed by atoms with Crippen molar-refractivity contribution in [1.29, 1.82) is 0 Å². The number of amides is 2. The van der Waals surface area contributed by atoms with Crippen LogP contribution in [0.2, 0.25) is 0 Å². The molecule has 1 unspecified atom stereocenters. The first-order chi connectivity index (χ1) is 21.0. The number of aromatic hydroxyl groups is 1. The van der Waals surface area contributed by atoms with Crippen molar-refractivity contribution >= 4 is 33.6 Å². The molecule has 0 saturated heterocycles. The minimum Gasteiger partial charge on any atom is -0.506 e. The summed E-state index contributed by atoms with van der Waals surface area (Å²) >= 11 is 0. The molecule has 6 aromatic rings. The van der Waals surface area contributed by atoms with Crippen molar-refractivity contribution in [1.82, 2.24) is 20.6 Å². The zero-order chi connectivity index (χ0) is 29.6. The van der Waals surface area contributed by atoms with Gasteiger partial charge in [0, 0.05) is 47.2 Å². The SMILES string of the molecule is O=C(NC(Cc1c[nH]c2ccccc12)C(=O)NCCCc1ccccc1)c1cccc(-c2cc(O)c3ncccc3c2)c1. The molecule has 2 aromatic heterocycles. The molecule has 4 N–H and O–H groups in total. The summed E-state index contributed by atoms with van der Waals surface area (Å²) in [5, 5.41) is 18.4. The first-order valence-electron chi connectivity index (χ1n) is 14.4. The largest absolute Gasteiger partial charge is 0.506 e. The number of benzene rings is 4. The number of aryl methyl sites for hydroxylation is 1. The predicted octanol–water partition coefficient (Wildman–Crippen LogP) is 6.18. The second kappa shape index (κ2) is 12.6. The Hall–Kier alpha value is -5.43. The number of rotatable bonds is 10. The lowest BCUT2D eigenvalue weighted by Crippen LogP contribution is -2.48. The van der Waals surface area contributed by atoms with Gasteiger partial charge in [0.25, 0.3) is 5.91 Å². The zero-order valence-electron chi connectivity index (χ0n) is 23.6. The van der Waals surface area contributed by atoms with Gasteiger partial charge in [-0.25, -0.2) is 0 Å². The van der Waals surface area contributed by atoms with Crippen LogP contribution in [0.3, 0.4) is 0 Å². The van der Waals surface area contributed by atoms with Gasteiger partial charge in [0.15, 0.2) is 0 Å². The highest BCUT2D eigenvalue weighted by Crippen LogP contribution is 2.31. The first kappa shape index (κ1) is 27.7. The number of hydrogen-bond donors (Lipinski definition) is 4. The lowest BCUT2D eigenvalue weighted by molar-refractivity contribution is -0.122. The van der Waals surface area contributed by atoms with E-state index in [1.54, 1.807) is 30.5 Å². The molecule has 0 fully saturated rings. The van der Waals surface area contributed by atoms with Gasteiger partial charge in [0.05, 0.1) is 0 Å². The van der Waals surface area contributed by atoms with Crippen LogP contribution in [-0.4, -0.2) is 39.5 Å². The summed E-state index contributed by atoms with van der Waals surface area (Å²) in [6.07, 6.45) is 5.52. The maximum atomic E-state index is 13.6. The topological polar surface area (TPSA) is 107 Å². The highest BCUT2D eigenvalue weighted by molar-refractivity contribution is 5.99. The summed E-state index contributed by atoms with van der Waals surface area (Å²) in [4.78, 5) is 34.5. The molecule has 214 valence electrons. The number of nitrogens with zero attached hydrogens (tertiary/aromatic N) is 1. The molecule has 6 rings (SSSR count). The second-order valence-corrected chi connectivity index (χ2v) is 10.6. The number of phenols is 1. The third-order valence-electron chi connectivity index (χ3n) is 7.65. The van der Waals surface area contributed by atoms with Crippen molar-refractivity contribution in [3.8, 4) is 16.9 Å². The van der Waals surface area contributed by atoms with Crippen molar-refractivity contribution < 1.29 is 14.7 Å². The Labute approximate surface area is 249 Å². The van der Waals surface area contributed by atoms with Crippen LogP contribution in [0.1, 0.15) is 27.9 Å². The van der Waals surface area contributed by atoms with Crippen LogP contribution in [0.15, 0.2) is 116 Å². The number of para-hydroxylation sites is 1. The molecule has 43 heavy (non-hydrogen) atoms. The van der Waals surface area contributed by atoms with E-state index in [-0.39, 0.29) is 17.6 Å². The summed E-state index contributed by atoms with van der Waals surface area (Å²) in [6.45, 7) is 0.504. The third kappa shape index (κ3) is 6.41. The number of carbonyl (C=O) groups excluding carboxylic acids is 2. The maximum absolute atomic E-state index is 13.6. The maximum Gasteiger partial charge on any atom is 0.251 e. The molecule has 2 amide bonds. The molecular formula is C36H32N4O3. The molecule has 0 aliphatic heterocycles. The summed E-state index contributed by atoms with van der Waals surface area (Å²) < 4.78 is 0. The number of fused-ring (bicyclic) bond motifs is 2. The Morgan fingerprint density at radius 3 is 2.58 bits per heavy atom. The Balaban J connectivity index is 1.20. The molecule has 0 bridgehead atoms. The fourth-order valence-corrected chi connectivity index (χ4v) is 5.42. The number of H-pyrrole nitrogens is 1. The monoisotopic (exact) mass is 568 g/mol. The van der Waals surface area contributed by atoms with E-state index in [9.17, 15) is 14.7 Å². The highest BCUT2D eigenvalue weighted by Gasteiger charge is 2.23. The quantitative estimate of drug-likeness (QED) is 0.148. The number of phenolic OH excluding ortho intramolecular Hbond substituents is 1. The molecule has 2 heterocycles. The number of pyridine rings is 1. The van der Waals surface area contributed by atoms with Crippen LogP contribution in [0, 0.1) is 0 Å². The summed E-state index contributed by atoms with van der Waals surface area (Å²) in [5.74, 6) is -0.502. The Bertz CT molecular complexity index is 1900. The van der Waals surface area contributed by atoms with Crippen LogP contribution >= 0.6 is 0 Å². The molecule has 0 aliphatic carbocycles. The molecular weight excluding hydrogens is 536 g/mol. The molecule has 0 spiro atoms. The van der Waals surface area contributed by atoms with Gasteiger partial charge in [-0.15, -0.1) is 0 Å². The van der Waals surface area contributed by atoms with E-state index in [4.69, 9.17) is 0 Å². The number of aromatic amines is 1. The molecule has 1 atom stereocenters. The molecule has 4 aromatic carbocycles. The van der Waals surface area contributed by atoms with Gasteiger partial charge in [-0.05, 0) is 71.5 Å². The minimum atomic E-state index is -0.775. The predicted molar refractivity (Wildman–Crippen MR) is 170 cm³/mol. The molecule has 7 heteroatoms. The molecule has 0 radical (unpaired) electrons. The van der Waals surface area contributed by atoms with E-state index in [2.05, 4.69) is 32.7 Å². The van der Waals surface area contributed by atoms with Gasteiger partial charge in [0.1, 0.15) is 17.3 Å². The summed E-state index contributed by atoms with van der Waals surface area (Å²) in [6, 6.07) is 31.8. The highest BCUT2D eigenvalue weighted by atomic mass is 16.3. The van der Waals surface area contributed by atoms with Crippen molar-refractivity contribution in [2.45, 2.75) is 25.3 Å². The van der Waals surface area contributed by atoms with E-state index in [1.165, 1.54) is 5.56 Å². The average molecular weight is 569 g/mol. The van der Waals surface area contributed by atoms with Crippen LogP contribution in [-0.2, 0) is 17.6 Å². The number of hydrogen-bond acceptors (Lipinski definition) is 4. The van der Waals surface area contributed by atoms with Gasteiger partial charge in [-0.1, -0.05) is 66.7 Å². The van der Waals surface area contributed by atoms with Crippen molar-refractivity contribution in [2.75, 3.05) is 6.54 Å². The molecule has 0 aliphatic rings. The summed E-state index contributed by atoms with van der Waals surface area (Å²) in [7, 11) is 0. The van der Waals surface area contributed by atoms with Crippen LogP contribution in [0.5, 0.6) is 5.75 Å². The molecule has 0 saturated carbocycles. The third-order valence-corrected chi connectivity index (χ3v) is 7.65. The Morgan fingerprint density at radius 1 is 0.860 bits per heavy atom. The number of aromatic nitrogens is 2. The van der Waals surface area contributed by atoms with E-state index < -0.39 is 6.04 Å². The fraction of sp³-hybridized carbons (Fsp3) is 0.139. The van der Waals surface area contributed by atoms with E-state index in [0.717, 1.165) is 45.8 Å². The van der Waals surface area contributed by atoms with Crippen LogP contribution in [0.25, 0.3) is 32.9 Å². The zero-order valence-corrected chi connectivity index (χ0v) is 23.6. The van der Waals surface area contributed by atoms with E-state index >= 15 is 0 Å². The molecule has 7 nitrogen and oxygen atoms in total. The van der Waals surface area contributed by atoms with E-state index in [0.29, 0.717) is 24.0 Å². The first-order valence-corrected chi connectivity index (χ1v) is 14.4. The van der Waals surface area contributed by atoms with Gasteiger partial charge in [-0.3, -0.25) is 14.6 Å². The van der Waals surface area contributed by atoms with E-state index in [1.807, 2.05) is 72.9 Å². The smallest absolute Gasteiger partial charge is 0.251 e. The van der Waals surface area contributed by atoms with Crippen LogP contribution in [0.4, 0.5) is 0 Å². The number of nitrogens with one attached hydrogen (secondary N) is 3. The van der Waals surface area contributed by atoms with Gasteiger partial charge < -0.3 is 20.7 Å². The summed E-state index contributed by atoms with van der Waals surface area (Å²) in [5.41, 5.74) is 5.63. The minimum absolute atomic E-state index is 0.0747. The van der Waals surface area contributed by atoms with Crippen molar-refractivity contribution in [3.63, 3.8) is 0 Å². The fourth-order valence-electron chi connectivity index (χ4n) is 5.42. The average Bonchev–Trinajstić information content (AvgIpc) is 3.46. The van der Waals surface area contributed by atoms with Crippen LogP contribution < -0.4 is 10.6 Å². The van der Waals surface area contributed by atoms with Crippen molar-refractivity contribution in [2.24, 2.45) is 0 Å². The lowest BCUT2D eigenvalue weighted by Gasteiger charge is -2.19. The number of carbonyl (C=O) groups is 2. The standard InChI is InChI=1S/C36H32N4O3/c41-33-22-28(20-26-14-8-17-37-34(26)33)25-12-6-13-27(19-25)35(42)40-32(21-29-23-39-31-16-5-4-15-30(29)31)36(43)38-18-7-11-24-9-2-1-3-10-24/h1-6,8-10,12-17,19-20,22-23,32,39,41H,7,11,18,21H2,(H,38,43)(H,40,42). The lowest BCUT2D eigenvalue weighted by atomic mass is 9.99. The van der Waals surface area contributed by atoms with Gasteiger partial charge >= 0.3 is 0 Å². The second-order valence-electron chi connectivity index (χ2n) is 10.6. The van der Waals surface area contributed by atoms with Crippen molar-refractivity contribution in [3.05, 3.63) is 132 Å². The Kier molecular flexibility index (Phi) is 8.13. The van der Waals surface area contributed by atoms with Gasteiger partial charge in [0.2, 0.25) is 5.91 Å².